The van der Waals surface area contributed by atoms with Crippen molar-refractivity contribution >= 4 is 29.2 Å². The number of hydrogen-bond donors (Lipinski definition) is 2. The lowest BCUT2D eigenvalue weighted by Crippen LogP contribution is -2.06. The van der Waals surface area contributed by atoms with Crippen molar-refractivity contribution in [2.24, 2.45) is 0 Å². The van der Waals surface area contributed by atoms with Crippen molar-refractivity contribution in [1.82, 2.24) is 0 Å². The number of aromatic carboxylic acids is 1. The van der Waals surface area contributed by atoms with Gasteiger partial charge in [0.1, 0.15) is 12.4 Å². The Morgan fingerprint density at radius 1 is 1.03 bits per heavy atom. The molecule has 5 nitrogen and oxygen atoms in total. The molecule has 162 valence electrons. The summed E-state index contributed by atoms with van der Waals surface area (Å²) in [5.41, 5.74) is 1.37. The van der Waals surface area contributed by atoms with Crippen LogP contribution in [0.15, 0.2) is 66.7 Å². The van der Waals surface area contributed by atoms with Gasteiger partial charge in [-0.1, -0.05) is 36.4 Å². The van der Waals surface area contributed by atoms with Crippen LogP contribution in [-0.4, -0.2) is 17.0 Å². The molecule has 0 aromatic heterocycles. The van der Waals surface area contributed by atoms with E-state index in [1.54, 1.807) is 42.5 Å². The number of benzene rings is 3. The molecular formula is C24H16F3NO4. The molecular weight excluding hydrogens is 423 g/mol. The van der Waals surface area contributed by atoms with Crippen molar-refractivity contribution in [3.05, 3.63) is 94.5 Å². The topological polar surface area (TPSA) is 75.6 Å². The van der Waals surface area contributed by atoms with Crippen LogP contribution >= 0.6 is 0 Å². The van der Waals surface area contributed by atoms with Crippen LogP contribution in [0.5, 0.6) is 5.75 Å². The maximum Gasteiger partial charge on any atom is 0.416 e. The fourth-order valence-corrected chi connectivity index (χ4v) is 3.31. The molecule has 0 unspecified atom stereocenters. The summed E-state index contributed by atoms with van der Waals surface area (Å²) in [4.78, 5) is 23.4. The molecule has 1 heterocycles. The highest BCUT2D eigenvalue weighted by Gasteiger charge is 2.33. The van der Waals surface area contributed by atoms with Crippen LogP contribution in [-0.2, 0) is 17.6 Å². The molecule has 0 saturated heterocycles. The molecule has 2 N–H and O–H groups in total. The smallest absolute Gasteiger partial charge is 0.416 e. The quantitative estimate of drug-likeness (QED) is 0.517. The molecule has 32 heavy (non-hydrogen) atoms. The van der Waals surface area contributed by atoms with Gasteiger partial charge >= 0.3 is 12.1 Å². The van der Waals surface area contributed by atoms with Crippen molar-refractivity contribution in [2.75, 3.05) is 5.32 Å². The second-order valence-corrected chi connectivity index (χ2v) is 7.10. The number of carbonyl (C=O) groups is 2. The lowest BCUT2D eigenvalue weighted by Gasteiger charge is -2.10. The predicted octanol–water partition coefficient (Wildman–Crippen LogP) is 5.48. The number of carboxylic acids is 1. The molecule has 0 aliphatic carbocycles. The zero-order valence-corrected chi connectivity index (χ0v) is 16.4. The van der Waals surface area contributed by atoms with Crippen molar-refractivity contribution < 1.29 is 32.6 Å². The molecule has 1 aliphatic rings. The summed E-state index contributed by atoms with van der Waals surface area (Å²) in [7, 11) is 0. The second-order valence-electron chi connectivity index (χ2n) is 7.10. The molecule has 3 aromatic rings. The van der Waals surface area contributed by atoms with Crippen LogP contribution in [0.1, 0.15) is 32.6 Å². The van der Waals surface area contributed by atoms with E-state index in [2.05, 4.69) is 5.32 Å². The van der Waals surface area contributed by atoms with Gasteiger partial charge in [-0.05, 0) is 42.0 Å². The Morgan fingerprint density at radius 3 is 2.44 bits per heavy atom. The van der Waals surface area contributed by atoms with Crippen molar-refractivity contribution in [2.45, 2.75) is 12.8 Å². The average Bonchev–Trinajstić information content (AvgIpc) is 3.07. The van der Waals surface area contributed by atoms with E-state index in [9.17, 15) is 22.8 Å². The molecule has 1 aliphatic heterocycles. The third-order valence-corrected chi connectivity index (χ3v) is 4.94. The predicted molar refractivity (Wildman–Crippen MR) is 112 cm³/mol. The van der Waals surface area contributed by atoms with E-state index in [0.29, 0.717) is 16.9 Å². The normalized spacial score (nSPS) is 14.2. The number of nitrogens with one attached hydrogen (secondary N) is 1. The Balaban J connectivity index is 1.59. The Kier molecular flexibility index (Phi) is 5.44. The number of fused-ring (bicyclic) bond motifs is 1. The van der Waals surface area contributed by atoms with E-state index < -0.39 is 23.6 Å². The van der Waals surface area contributed by atoms with Crippen LogP contribution in [0.3, 0.4) is 0 Å². The average molecular weight is 439 g/mol. The number of para-hydroxylation sites is 1. The van der Waals surface area contributed by atoms with E-state index in [-0.39, 0.29) is 23.4 Å². The molecule has 0 bridgehead atoms. The number of anilines is 1. The van der Waals surface area contributed by atoms with Gasteiger partial charge in [0.05, 0.1) is 11.1 Å². The summed E-state index contributed by atoms with van der Waals surface area (Å²) in [6, 6.07) is 16.3. The van der Waals surface area contributed by atoms with Gasteiger partial charge in [-0.2, -0.15) is 13.2 Å². The Morgan fingerprint density at radius 2 is 1.75 bits per heavy atom. The molecule has 0 saturated carbocycles. The maximum atomic E-state index is 13.0. The molecule has 4 rings (SSSR count). The third-order valence-electron chi connectivity index (χ3n) is 4.94. The number of hydrogen-bond acceptors (Lipinski definition) is 3. The number of alkyl halides is 3. The third kappa shape index (κ3) is 4.34. The summed E-state index contributed by atoms with van der Waals surface area (Å²) < 4.78 is 44.7. The maximum absolute atomic E-state index is 13.0. The minimum atomic E-state index is -4.50. The molecule has 0 spiro atoms. The van der Waals surface area contributed by atoms with Crippen molar-refractivity contribution in [1.29, 1.82) is 0 Å². The molecule has 3 aromatic carbocycles. The fourth-order valence-electron chi connectivity index (χ4n) is 3.31. The van der Waals surface area contributed by atoms with Gasteiger partial charge in [0, 0.05) is 22.4 Å². The largest absolute Gasteiger partial charge is 0.488 e. The van der Waals surface area contributed by atoms with Crippen LogP contribution in [0.25, 0.3) is 11.6 Å². The van der Waals surface area contributed by atoms with Crippen LogP contribution < -0.4 is 10.1 Å². The summed E-state index contributed by atoms with van der Waals surface area (Å²) in [5.74, 6) is -1.05. The highest BCUT2D eigenvalue weighted by molar-refractivity contribution is 6.35. The lowest BCUT2D eigenvalue weighted by atomic mass is 10.0. The van der Waals surface area contributed by atoms with Gasteiger partial charge in [0.25, 0.3) is 5.91 Å². The first-order valence-corrected chi connectivity index (χ1v) is 9.51. The summed E-state index contributed by atoms with van der Waals surface area (Å²) in [5, 5.41) is 11.5. The Labute approximate surface area is 180 Å². The van der Waals surface area contributed by atoms with Gasteiger partial charge in [-0.15, -0.1) is 0 Å². The van der Waals surface area contributed by atoms with E-state index >= 15 is 0 Å². The minimum absolute atomic E-state index is 0.105. The Bertz CT molecular complexity index is 1230. The van der Waals surface area contributed by atoms with Crippen LogP contribution in [0, 0.1) is 0 Å². The van der Waals surface area contributed by atoms with Gasteiger partial charge in [-0.25, -0.2) is 4.79 Å². The summed E-state index contributed by atoms with van der Waals surface area (Å²) in [6.45, 7) is 0.164. The number of rotatable bonds is 5. The number of ether oxygens (including phenoxy) is 1. The highest BCUT2D eigenvalue weighted by atomic mass is 19.4. The molecule has 1 amide bonds. The van der Waals surface area contributed by atoms with Gasteiger partial charge in [0.2, 0.25) is 0 Å². The highest BCUT2D eigenvalue weighted by Crippen LogP contribution is 2.39. The lowest BCUT2D eigenvalue weighted by molar-refractivity contribution is -0.137. The SMILES string of the molecule is O=C1Nc2cc(C(F)(F)F)ccc2/C1=C/c1ccccc1OCc1ccc(C(=O)O)cc1. The van der Waals surface area contributed by atoms with Gasteiger partial charge in [0.15, 0.2) is 0 Å². The van der Waals surface area contributed by atoms with E-state index in [0.717, 1.165) is 17.7 Å². The summed E-state index contributed by atoms with van der Waals surface area (Å²) >= 11 is 0. The standard InChI is InChI=1S/C24H16F3NO4/c25-24(26,27)17-9-10-18-19(22(29)28-20(18)12-17)11-16-3-1-2-4-21(16)32-13-14-5-7-15(8-6-14)23(30)31/h1-12H,13H2,(H,28,29)(H,30,31)/b19-11-. The van der Waals surface area contributed by atoms with Crippen LogP contribution in [0.2, 0.25) is 0 Å². The van der Waals surface area contributed by atoms with Crippen molar-refractivity contribution in [3.8, 4) is 5.75 Å². The van der Waals surface area contributed by atoms with Gasteiger partial charge in [-0.3, -0.25) is 4.79 Å². The number of carboxylic acid groups (broad SMARTS) is 1. The van der Waals surface area contributed by atoms with Crippen molar-refractivity contribution in [3.63, 3.8) is 0 Å². The number of amides is 1. The molecule has 0 radical (unpaired) electrons. The zero-order chi connectivity index (χ0) is 22.9. The monoisotopic (exact) mass is 439 g/mol. The van der Waals surface area contributed by atoms with E-state index in [4.69, 9.17) is 9.84 Å². The first-order valence-electron chi connectivity index (χ1n) is 9.51. The van der Waals surface area contributed by atoms with E-state index in [1.807, 2.05) is 0 Å². The number of carbonyl (C=O) groups excluding carboxylic acids is 1. The zero-order valence-electron chi connectivity index (χ0n) is 16.4. The number of halogens is 3. The van der Waals surface area contributed by atoms with Crippen LogP contribution in [0.4, 0.5) is 18.9 Å². The fraction of sp³-hybridized carbons (Fsp3) is 0.0833. The first kappa shape index (κ1) is 21.2. The second kappa shape index (κ2) is 8.22. The molecule has 8 heteroatoms. The summed E-state index contributed by atoms with van der Waals surface area (Å²) in [6.07, 6.45) is -2.94. The molecule has 0 fully saturated rings. The first-order chi connectivity index (χ1) is 15.2. The Hall–Kier alpha value is -4.07. The van der Waals surface area contributed by atoms with E-state index in [1.165, 1.54) is 18.2 Å². The van der Waals surface area contributed by atoms with Gasteiger partial charge < -0.3 is 15.2 Å². The minimum Gasteiger partial charge on any atom is -0.488 e. The molecule has 0 atom stereocenters.